The second-order valence-electron chi connectivity index (χ2n) is 5.24. The van der Waals surface area contributed by atoms with Crippen LogP contribution in [0.4, 0.5) is 11.5 Å². The molecule has 0 atom stereocenters. The molecule has 0 radical (unpaired) electrons. The van der Waals surface area contributed by atoms with Crippen LogP contribution in [0, 0.1) is 0 Å². The Bertz CT molecular complexity index is 374. The van der Waals surface area contributed by atoms with Gasteiger partial charge in [-0.25, -0.2) is 4.98 Å². The molecule has 5 nitrogen and oxygen atoms in total. The Kier molecular flexibility index (Phi) is 6.08. The minimum absolute atomic E-state index is 0.719. The summed E-state index contributed by atoms with van der Waals surface area (Å²) in [7, 11) is 0. The Balaban J connectivity index is 1.66. The molecule has 1 saturated heterocycles. The number of nitrogens with zero attached hydrogens (tertiary/aromatic N) is 3. The highest BCUT2D eigenvalue weighted by Gasteiger charge is 2.17. The van der Waals surface area contributed by atoms with Crippen molar-refractivity contribution in [2.45, 2.75) is 19.8 Å². The van der Waals surface area contributed by atoms with Gasteiger partial charge in [-0.3, -0.25) is 4.90 Å². The van der Waals surface area contributed by atoms with Crippen LogP contribution in [0.15, 0.2) is 18.3 Å². The molecule has 0 amide bonds. The van der Waals surface area contributed by atoms with Crippen LogP contribution >= 0.6 is 0 Å². The van der Waals surface area contributed by atoms with Crippen molar-refractivity contribution in [3.8, 4) is 0 Å². The molecular weight excluding hydrogens is 252 g/mol. The van der Waals surface area contributed by atoms with Gasteiger partial charge < -0.3 is 15.4 Å². The lowest BCUT2D eigenvalue weighted by atomic mass is 10.3. The molecule has 1 aliphatic rings. The smallest absolute Gasteiger partial charge is 0.128 e. The van der Waals surface area contributed by atoms with Crippen LogP contribution in [0.3, 0.4) is 0 Å². The molecule has 0 unspecified atom stereocenters. The molecule has 0 aromatic carbocycles. The molecule has 0 bridgehead atoms. The Morgan fingerprint density at radius 2 is 2.00 bits per heavy atom. The lowest BCUT2D eigenvalue weighted by Crippen LogP contribution is -2.47. The van der Waals surface area contributed by atoms with E-state index >= 15 is 0 Å². The summed E-state index contributed by atoms with van der Waals surface area (Å²) in [6.45, 7) is 9.15. The summed E-state index contributed by atoms with van der Waals surface area (Å²) < 4.78 is 5.62. The van der Waals surface area contributed by atoms with Crippen molar-refractivity contribution in [1.82, 2.24) is 9.88 Å². The minimum atomic E-state index is 0.719. The van der Waals surface area contributed by atoms with Crippen molar-refractivity contribution in [3.63, 3.8) is 0 Å². The molecule has 5 heteroatoms. The number of unbranched alkanes of at least 4 members (excludes halogenated alkanes) is 1. The zero-order chi connectivity index (χ0) is 14.2. The number of hydrogen-bond donors (Lipinski definition) is 1. The first kappa shape index (κ1) is 15.1. The summed E-state index contributed by atoms with van der Waals surface area (Å²) in [5.74, 6) is 1.03. The monoisotopic (exact) mass is 278 g/mol. The molecule has 1 aromatic heterocycles. The predicted molar refractivity (Wildman–Crippen MR) is 83.0 cm³/mol. The number of pyridine rings is 1. The van der Waals surface area contributed by atoms with Crippen molar-refractivity contribution in [1.29, 1.82) is 0 Å². The van der Waals surface area contributed by atoms with E-state index in [-0.39, 0.29) is 0 Å². The second kappa shape index (κ2) is 8.07. The molecule has 2 N–H and O–H groups in total. The largest absolute Gasteiger partial charge is 0.397 e. The van der Waals surface area contributed by atoms with Crippen molar-refractivity contribution >= 4 is 11.5 Å². The summed E-state index contributed by atoms with van der Waals surface area (Å²) >= 11 is 0. The van der Waals surface area contributed by atoms with Gasteiger partial charge in [0.1, 0.15) is 5.82 Å². The number of nitrogens with two attached hydrogens (primary N) is 1. The molecule has 2 heterocycles. The highest BCUT2D eigenvalue weighted by atomic mass is 16.5. The SMILES string of the molecule is CCCCOCCN1CCN(c2ccc(N)cn2)CC1. The molecule has 112 valence electrons. The molecule has 1 aromatic rings. The van der Waals surface area contributed by atoms with Gasteiger partial charge in [0.25, 0.3) is 0 Å². The zero-order valence-corrected chi connectivity index (χ0v) is 12.4. The van der Waals surface area contributed by atoms with Crippen LogP contribution in [0.1, 0.15) is 19.8 Å². The summed E-state index contributed by atoms with van der Waals surface area (Å²) in [6.07, 6.45) is 4.09. The van der Waals surface area contributed by atoms with E-state index in [1.54, 1.807) is 6.20 Å². The maximum Gasteiger partial charge on any atom is 0.128 e. The van der Waals surface area contributed by atoms with Crippen LogP contribution in [0.25, 0.3) is 0 Å². The van der Waals surface area contributed by atoms with E-state index < -0.39 is 0 Å². The minimum Gasteiger partial charge on any atom is -0.397 e. The first-order valence-corrected chi connectivity index (χ1v) is 7.56. The molecular formula is C15H26N4O. The van der Waals surface area contributed by atoms with Gasteiger partial charge in [0.05, 0.1) is 18.5 Å². The van der Waals surface area contributed by atoms with Gasteiger partial charge in [0, 0.05) is 39.3 Å². The summed E-state index contributed by atoms with van der Waals surface area (Å²) in [6, 6.07) is 3.91. The number of nitrogen functional groups attached to an aromatic ring is 1. The zero-order valence-electron chi connectivity index (χ0n) is 12.4. The second-order valence-corrected chi connectivity index (χ2v) is 5.24. The molecule has 0 spiro atoms. The van der Waals surface area contributed by atoms with Crippen LogP contribution in [-0.4, -0.2) is 55.8 Å². The average molecular weight is 278 g/mol. The third kappa shape index (κ3) is 4.65. The molecule has 0 saturated carbocycles. The standard InChI is InChI=1S/C15H26N4O/c1-2-3-11-20-12-10-18-6-8-19(9-7-18)15-5-4-14(16)13-17-15/h4-5,13H,2-3,6-12,16H2,1H3. The normalized spacial score (nSPS) is 16.6. The van der Waals surface area contributed by atoms with E-state index in [0.29, 0.717) is 0 Å². The number of aromatic nitrogens is 1. The number of rotatable bonds is 7. The first-order chi connectivity index (χ1) is 9.79. The van der Waals surface area contributed by atoms with Crippen molar-refractivity contribution < 1.29 is 4.74 Å². The number of piperazine rings is 1. The lowest BCUT2D eigenvalue weighted by Gasteiger charge is -2.35. The Morgan fingerprint density at radius 1 is 1.20 bits per heavy atom. The van der Waals surface area contributed by atoms with Gasteiger partial charge in [-0.15, -0.1) is 0 Å². The van der Waals surface area contributed by atoms with E-state index in [0.717, 1.165) is 63.9 Å². The van der Waals surface area contributed by atoms with Gasteiger partial charge in [-0.2, -0.15) is 0 Å². The van der Waals surface area contributed by atoms with E-state index in [1.165, 1.54) is 6.42 Å². The molecule has 1 aliphatic heterocycles. The molecule has 0 aliphatic carbocycles. The van der Waals surface area contributed by atoms with E-state index in [1.807, 2.05) is 12.1 Å². The van der Waals surface area contributed by atoms with Crippen LogP contribution in [0.5, 0.6) is 0 Å². The predicted octanol–water partition coefficient (Wildman–Crippen LogP) is 1.60. The fourth-order valence-electron chi connectivity index (χ4n) is 2.33. The summed E-state index contributed by atoms with van der Waals surface area (Å²) in [5.41, 5.74) is 6.38. The van der Waals surface area contributed by atoms with Gasteiger partial charge in [-0.05, 0) is 18.6 Å². The van der Waals surface area contributed by atoms with E-state index in [9.17, 15) is 0 Å². The third-order valence-electron chi connectivity index (χ3n) is 3.66. The number of ether oxygens (including phenoxy) is 1. The molecule has 1 fully saturated rings. The number of hydrogen-bond acceptors (Lipinski definition) is 5. The topological polar surface area (TPSA) is 54.6 Å². The van der Waals surface area contributed by atoms with Gasteiger partial charge >= 0.3 is 0 Å². The van der Waals surface area contributed by atoms with E-state index in [2.05, 4.69) is 21.7 Å². The maximum atomic E-state index is 5.66. The Labute approximate surface area is 121 Å². The van der Waals surface area contributed by atoms with Crippen LogP contribution < -0.4 is 10.6 Å². The van der Waals surface area contributed by atoms with Crippen molar-refractivity contribution in [2.75, 3.05) is 56.6 Å². The quantitative estimate of drug-likeness (QED) is 0.768. The molecule has 20 heavy (non-hydrogen) atoms. The number of anilines is 2. The summed E-state index contributed by atoms with van der Waals surface area (Å²) in [4.78, 5) is 9.15. The highest BCUT2D eigenvalue weighted by Crippen LogP contribution is 2.14. The Hall–Kier alpha value is -1.33. The fourth-order valence-corrected chi connectivity index (χ4v) is 2.33. The molecule has 2 rings (SSSR count). The van der Waals surface area contributed by atoms with Gasteiger partial charge in [0.2, 0.25) is 0 Å². The highest BCUT2D eigenvalue weighted by molar-refractivity contribution is 5.46. The summed E-state index contributed by atoms with van der Waals surface area (Å²) in [5, 5.41) is 0. The van der Waals surface area contributed by atoms with Crippen molar-refractivity contribution in [2.24, 2.45) is 0 Å². The first-order valence-electron chi connectivity index (χ1n) is 7.56. The Morgan fingerprint density at radius 3 is 2.65 bits per heavy atom. The van der Waals surface area contributed by atoms with Gasteiger partial charge in [0.15, 0.2) is 0 Å². The average Bonchev–Trinajstić information content (AvgIpc) is 2.49. The fraction of sp³-hybridized carbons (Fsp3) is 0.667. The van der Waals surface area contributed by atoms with Crippen LogP contribution in [0.2, 0.25) is 0 Å². The van der Waals surface area contributed by atoms with Crippen molar-refractivity contribution in [3.05, 3.63) is 18.3 Å². The van der Waals surface area contributed by atoms with Crippen LogP contribution in [-0.2, 0) is 4.74 Å². The maximum absolute atomic E-state index is 5.66. The third-order valence-corrected chi connectivity index (χ3v) is 3.66. The van der Waals surface area contributed by atoms with E-state index in [4.69, 9.17) is 10.5 Å². The lowest BCUT2D eigenvalue weighted by molar-refractivity contribution is 0.0994. The van der Waals surface area contributed by atoms with Gasteiger partial charge in [-0.1, -0.05) is 13.3 Å².